The van der Waals surface area contributed by atoms with Crippen LogP contribution in [0.15, 0.2) is 36.4 Å². The summed E-state index contributed by atoms with van der Waals surface area (Å²) in [6.07, 6.45) is 0. The lowest BCUT2D eigenvalue weighted by atomic mass is 9.99. The number of carbonyl (C=O) groups is 2. The maximum Gasteiger partial charge on any atom is 0.244 e. The molecule has 0 aromatic heterocycles. The minimum absolute atomic E-state index is 0.0911. The SMILES string of the molecule is CC(=O)c1ccc(C)cc1NC(C(N)=O)c1c(C)cccc1Cl. The van der Waals surface area contributed by atoms with Gasteiger partial charge in [0, 0.05) is 21.8 Å². The molecular formula is C18H19ClN2O2. The fourth-order valence-electron chi connectivity index (χ4n) is 2.54. The molecule has 0 aliphatic heterocycles. The maximum absolute atomic E-state index is 12.0. The van der Waals surface area contributed by atoms with E-state index in [0.717, 1.165) is 11.1 Å². The van der Waals surface area contributed by atoms with Crippen LogP contribution in [0.25, 0.3) is 0 Å². The van der Waals surface area contributed by atoms with Gasteiger partial charge in [-0.25, -0.2) is 0 Å². The molecule has 0 heterocycles. The van der Waals surface area contributed by atoms with Crippen LogP contribution in [0.1, 0.15) is 40.0 Å². The van der Waals surface area contributed by atoms with Gasteiger partial charge in [-0.05, 0) is 50.1 Å². The largest absolute Gasteiger partial charge is 0.369 e. The van der Waals surface area contributed by atoms with Crippen molar-refractivity contribution in [2.24, 2.45) is 5.73 Å². The Bertz CT molecular complexity index is 751. The van der Waals surface area contributed by atoms with Gasteiger partial charge in [0.15, 0.2) is 5.78 Å². The van der Waals surface area contributed by atoms with Gasteiger partial charge in [-0.2, -0.15) is 0 Å². The van der Waals surface area contributed by atoms with E-state index in [1.54, 1.807) is 12.1 Å². The van der Waals surface area contributed by atoms with Crippen molar-refractivity contribution in [3.05, 3.63) is 63.7 Å². The predicted molar refractivity (Wildman–Crippen MR) is 92.9 cm³/mol. The molecule has 2 aromatic carbocycles. The third-order valence-corrected chi connectivity index (χ3v) is 4.03. The lowest BCUT2D eigenvalue weighted by Crippen LogP contribution is -2.29. The van der Waals surface area contributed by atoms with E-state index >= 15 is 0 Å². The van der Waals surface area contributed by atoms with Gasteiger partial charge in [0.05, 0.1) is 0 Å². The number of primary amides is 1. The van der Waals surface area contributed by atoms with Crippen molar-refractivity contribution in [1.29, 1.82) is 0 Å². The quantitative estimate of drug-likeness (QED) is 0.819. The normalized spacial score (nSPS) is 11.8. The molecule has 2 aromatic rings. The van der Waals surface area contributed by atoms with Crippen LogP contribution in [-0.2, 0) is 4.79 Å². The molecule has 1 amide bonds. The summed E-state index contributed by atoms with van der Waals surface area (Å²) in [5.41, 5.74) is 9.09. The maximum atomic E-state index is 12.0. The molecule has 0 aliphatic carbocycles. The summed E-state index contributed by atoms with van der Waals surface area (Å²) < 4.78 is 0. The zero-order valence-corrected chi connectivity index (χ0v) is 14.1. The number of halogens is 1. The van der Waals surface area contributed by atoms with E-state index < -0.39 is 11.9 Å². The molecule has 5 heteroatoms. The van der Waals surface area contributed by atoms with Crippen molar-refractivity contribution in [3.8, 4) is 0 Å². The van der Waals surface area contributed by atoms with Crippen LogP contribution in [0.2, 0.25) is 5.02 Å². The minimum Gasteiger partial charge on any atom is -0.369 e. The molecule has 0 bridgehead atoms. The molecular weight excluding hydrogens is 312 g/mol. The average molecular weight is 331 g/mol. The van der Waals surface area contributed by atoms with Crippen molar-refractivity contribution >= 4 is 29.0 Å². The number of amides is 1. The Morgan fingerprint density at radius 2 is 1.87 bits per heavy atom. The van der Waals surface area contributed by atoms with Crippen LogP contribution in [-0.4, -0.2) is 11.7 Å². The molecule has 4 nitrogen and oxygen atoms in total. The van der Waals surface area contributed by atoms with E-state index in [2.05, 4.69) is 5.32 Å². The van der Waals surface area contributed by atoms with Crippen LogP contribution in [0.3, 0.4) is 0 Å². The fraction of sp³-hybridized carbons (Fsp3) is 0.222. The topological polar surface area (TPSA) is 72.2 Å². The van der Waals surface area contributed by atoms with Crippen molar-refractivity contribution < 1.29 is 9.59 Å². The Labute approximate surface area is 140 Å². The number of hydrogen-bond donors (Lipinski definition) is 2. The molecule has 3 N–H and O–H groups in total. The first-order chi connectivity index (χ1) is 10.8. The van der Waals surface area contributed by atoms with Crippen LogP contribution < -0.4 is 11.1 Å². The van der Waals surface area contributed by atoms with Gasteiger partial charge in [-0.15, -0.1) is 0 Å². The molecule has 120 valence electrons. The summed E-state index contributed by atoms with van der Waals surface area (Å²) in [6.45, 7) is 5.26. The number of aryl methyl sites for hydroxylation is 2. The summed E-state index contributed by atoms with van der Waals surface area (Å²) in [5, 5.41) is 3.54. The molecule has 0 fully saturated rings. The zero-order chi connectivity index (χ0) is 17.1. The lowest BCUT2D eigenvalue weighted by molar-refractivity contribution is -0.118. The number of ketones is 1. The smallest absolute Gasteiger partial charge is 0.244 e. The van der Waals surface area contributed by atoms with Gasteiger partial charge >= 0.3 is 0 Å². The van der Waals surface area contributed by atoms with Crippen LogP contribution in [0.4, 0.5) is 5.69 Å². The van der Waals surface area contributed by atoms with Crippen LogP contribution >= 0.6 is 11.6 Å². The number of benzene rings is 2. The summed E-state index contributed by atoms with van der Waals surface area (Å²) >= 11 is 6.25. The number of nitrogens with one attached hydrogen (secondary N) is 1. The first kappa shape index (κ1) is 17.0. The predicted octanol–water partition coefficient (Wildman–Crippen LogP) is 3.80. The number of hydrogen-bond acceptors (Lipinski definition) is 3. The van der Waals surface area contributed by atoms with Crippen molar-refractivity contribution in [3.63, 3.8) is 0 Å². The van der Waals surface area contributed by atoms with Crippen LogP contribution in [0.5, 0.6) is 0 Å². The highest BCUT2D eigenvalue weighted by atomic mass is 35.5. The Morgan fingerprint density at radius 1 is 1.17 bits per heavy atom. The highest BCUT2D eigenvalue weighted by Crippen LogP contribution is 2.30. The summed E-state index contributed by atoms with van der Waals surface area (Å²) in [5.74, 6) is -0.649. The van der Waals surface area contributed by atoms with Gasteiger partial charge in [-0.3, -0.25) is 9.59 Å². The van der Waals surface area contributed by atoms with Gasteiger partial charge in [0.1, 0.15) is 6.04 Å². The molecule has 23 heavy (non-hydrogen) atoms. The van der Waals surface area contributed by atoms with Gasteiger partial charge in [0.2, 0.25) is 5.91 Å². The first-order valence-corrected chi connectivity index (χ1v) is 7.61. The standard InChI is InChI=1S/C18H19ClN2O2/c1-10-7-8-13(12(3)22)15(9-10)21-17(18(20)23)16-11(2)5-4-6-14(16)19/h4-9,17,21H,1-3H3,(H2,20,23). The number of carbonyl (C=O) groups excluding carboxylic acids is 2. The Morgan fingerprint density at radius 3 is 2.43 bits per heavy atom. The Kier molecular flexibility index (Phi) is 5.06. The highest BCUT2D eigenvalue weighted by molar-refractivity contribution is 6.31. The van der Waals surface area contributed by atoms with E-state index in [4.69, 9.17) is 17.3 Å². The van der Waals surface area contributed by atoms with Crippen LogP contribution in [0, 0.1) is 13.8 Å². The van der Waals surface area contributed by atoms with Crippen molar-refractivity contribution in [2.45, 2.75) is 26.8 Å². The second kappa shape index (κ2) is 6.84. The number of nitrogens with two attached hydrogens (primary N) is 1. The highest BCUT2D eigenvalue weighted by Gasteiger charge is 2.23. The second-order valence-corrected chi connectivity index (χ2v) is 5.96. The third kappa shape index (κ3) is 3.71. The summed E-state index contributed by atoms with van der Waals surface area (Å²) in [4.78, 5) is 23.8. The van der Waals surface area contributed by atoms with E-state index in [1.165, 1.54) is 6.92 Å². The fourth-order valence-corrected chi connectivity index (χ4v) is 2.87. The van der Waals surface area contributed by atoms with E-state index in [9.17, 15) is 9.59 Å². The van der Waals surface area contributed by atoms with Gasteiger partial charge in [0.25, 0.3) is 0 Å². The molecule has 2 rings (SSSR count). The zero-order valence-electron chi connectivity index (χ0n) is 13.3. The van der Waals surface area contributed by atoms with Gasteiger partial charge < -0.3 is 11.1 Å². The molecule has 1 unspecified atom stereocenters. The Hall–Kier alpha value is -2.33. The second-order valence-electron chi connectivity index (χ2n) is 5.56. The Balaban J connectivity index is 2.52. The molecule has 0 aliphatic rings. The van der Waals surface area contributed by atoms with Crippen molar-refractivity contribution in [1.82, 2.24) is 0 Å². The molecule has 0 saturated carbocycles. The van der Waals surface area contributed by atoms with Crippen molar-refractivity contribution in [2.75, 3.05) is 5.32 Å². The first-order valence-electron chi connectivity index (χ1n) is 7.23. The summed E-state index contributed by atoms with van der Waals surface area (Å²) in [6, 6.07) is 9.97. The lowest BCUT2D eigenvalue weighted by Gasteiger charge is -2.22. The minimum atomic E-state index is -0.816. The molecule has 1 atom stereocenters. The third-order valence-electron chi connectivity index (χ3n) is 3.70. The number of Topliss-reactive ketones (excluding diaryl/α,β-unsaturated/α-hetero) is 1. The molecule has 0 radical (unpaired) electrons. The summed E-state index contributed by atoms with van der Waals surface area (Å²) in [7, 11) is 0. The van der Waals surface area contributed by atoms with E-state index in [0.29, 0.717) is 21.8 Å². The van der Waals surface area contributed by atoms with E-state index in [-0.39, 0.29) is 5.78 Å². The monoisotopic (exact) mass is 330 g/mol. The molecule has 0 saturated heterocycles. The number of anilines is 1. The van der Waals surface area contributed by atoms with Gasteiger partial charge in [-0.1, -0.05) is 29.8 Å². The average Bonchev–Trinajstić information content (AvgIpc) is 2.45. The molecule has 0 spiro atoms. The van der Waals surface area contributed by atoms with E-state index in [1.807, 2.05) is 38.1 Å². The number of rotatable bonds is 5.